The van der Waals surface area contributed by atoms with E-state index in [9.17, 15) is 9.59 Å². The summed E-state index contributed by atoms with van der Waals surface area (Å²) in [5.41, 5.74) is 0. The third-order valence-electron chi connectivity index (χ3n) is 4.02. The molecule has 5 nitrogen and oxygen atoms in total. The van der Waals surface area contributed by atoms with Crippen molar-refractivity contribution in [3.63, 3.8) is 0 Å². The topological polar surface area (TPSA) is 69.6 Å². The zero-order valence-corrected chi connectivity index (χ0v) is 14.4. The second kappa shape index (κ2) is 8.36. The molecule has 1 fully saturated rings. The van der Waals surface area contributed by atoms with Crippen LogP contribution in [0.15, 0.2) is 24.8 Å². The van der Waals surface area contributed by atoms with Gasteiger partial charge in [-0.25, -0.2) is 4.79 Å². The van der Waals surface area contributed by atoms with Crippen LogP contribution in [0.25, 0.3) is 0 Å². The first-order chi connectivity index (χ1) is 11.0. The van der Waals surface area contributed by atoms with Gasteiger partial charge in [0.1, 0.15) is 0 Å². The summed E-state index contributed by atoms with van der Waals surface area (Å²) in [6, 6.07) is 3.62. The maximum atomic E-state index is 12.5. The summed E-state index contributed by atoms with van der Waals surface area (Å²) in [5.74, 6) is -1.02. The largest absolute Gasteiger partial charge is 0.481 e. The molecular formula is C16H21ClN2O3S. The number of amides is 2. The normalized spacial score (nSPS) is 20.7. The molecule has 1 saturated carbocycles. The Bertz CT molecular complexity index is 567. The maximum Gasteiger partial charge on any atom is 0.318 e. The van der Waals surface area contributed by atoms with Crippen molar-refractivity contribution in [2.45, 2.75) is 38.3 Å². The van der Waals surface area contributed by atoms with Gasteiger partial charge in [0.15, 0.2) is 0 Å². The minimum absolute atomic E-state index is 0.0392. The number of hydrogen-bond donors (Lipinski definition) is 2. The van der Waals surface area contributed by atoms with Crippen molar-refractivity contribution in [1.82, 2.24) is 10.2 Å². The van der Waals surface area contributed by atoms with Gasteiger partial charge in [0.05, 0.1) is 16.8 Å². The minimum atomic E-state index is -0.738. The van der Waals surface area contributed by atoms with Crippen LogP contribution in [-0.2, 0) is 11.3 Å². The molecule has 1 heterocycles. The average molecular weight is 357 g/mol. The molecule has 23 heavy (non-hydrogen) atoms. The van der Waals surface area contributed by atoms with E-state index in [0.717, 1.165) is 4.88 Å². The SMILES string of the molecule is C=CCN(Cc1ccc(Cl)s1)C(=O)NC1CCC(C(=O)O)CC1. The number of carboxylic acids is 1. The molecule has 0 bridgehead atoms. The Morgan fingerprint density at radius 2 is 2.09 bits per heavy atom. The second-order valence-corrected chi connectivity index (χ2v) is 7.51. The van der Waals surface area contributed by atoms with E-state index < -0.39 is 5.97 Å². The molecular weight excluding hydrogens is 336 g/mol. The standard InChI is InChI=1S/C16H21ClN2O3S/c1-2-9-19(10-13-7-8-14(17)23-13)16(22)18-12-5-3-11(4-6-12)15(20)21/h2,7-8,11-12H,1,3-6,9-10H2,(H,18,22)(H,20,21). The molecule has 0 unspecified atom stereocenters. The lowest BCUT2D eigenvalue weighted by Gasteiger charge is -2.29. The first kappa shape index (κ1) is 17.8. The lowest BCUT2D eigenvalue weighted by atomic mass is 9.86. The number of carboxylic acid groups (broad SMARTS) is 1. The van der Waals surface area contributed by atoms with Crippen LogP contribution in [0, 0.1) is 5.92 Å². The minimum Gasteiger partial charge on any atom is -0.481 e. The lowest BCUT2D eigenvalue weighted by molar-refractivity contribution is -0.142. The average Bonchev–Trinajstić information content (AvgIpc) is 2.92. The van der Waals surface area contributed by atoms with Crippen LogP contribution in [-0.4, -0.2) is 34.6 Å². The number of carbonyl (C=O) groups excluding carboxylic acids is 1. The molecule has 7 heteroatoms. The summed E-state index contributed by atoms with van der Waals surface area (Å²) in [6.07, 6.45) is 4.32. The zero-order chi connectivity index (χ0) is 16.8. The Kier molecular flexibility index (Phi) is 6.47. The van der Waals surface area contributed by atoms with Crippen LogP contribution < -0.4 is 5.32 Å². The van der Waals surface area contributed by atoms with Crippen molar-refractivity contribution >= 4 is 34.9 Å². The highest BCUT2D eigenvalue weighted by molar-refractivity contribution is 7.16. The van der Waals surface area contributed by atoms with Gasteiger partial charge in [-0.15, -0.1) is 17.9 Å². The summed E-state index contributed by atoms with van der Waals surface area (Å²) in [7, 11) is 0. The van der Waals surface area contributed by atoms with Crippen molar-refractivity contribution in [3.8, 4) is 0 Å². The summed E-state index contributed by atoms with van der Waals surface area (Å²) < 4.78 is 0.700. The van der Waals surface area contributed by atoms with Crippen LogP contribution in [0.2, 0.25) is 4.34 Å². The number of urea groups is 1. The van der Waals surface area contributed by atoms with Crippen LogP contribution in [0.3, 0.4) is 0 Å². The van der Waals surface area contributed by atoms with Gasteiger partial charge in [0.25, 0.3) is 0 Å². The first-order valence-electron chi connectivity index (χ1n) is 7.63. The lowest BCUT2D eigenvalue weighted by Crippen LogP contribution is -2.46. The fraction of sp³-hybridized carbons (Fsp3) is 0.500. The number of rotatable bonds is 6. The smallest absolute Gasteiger partial charge is 0.318 e. The molecule has 0 spiro atoms. The van der Waals surface area contributed by atoms with Gasteiger partial charge in [0.2, 0.25) is 0 Å². The van der Waals surface area contributed by atoms with E-state index >= 15 is 0 Å². The van der Waals surface area contributed by atoms with E-state index in [0.29, 0.717) is 43.1 Å². The molecule has 0 aromatic carbocycles. The van der Waals surface area contributed by atoms with Crippen LogP contribution in [0.4, 0.5) is 4.79 Å². The Morgan fingerprint density at radius 1 is 1.39 bits per heavy atom. The molecule has 0 aliphatic heterocycles. The van der Waals surface area contributed by atoms with Crippen molar-refractivity contribution < 1.29 is 14.7 Å². The van der Waals surface area contributed by atoms with E-state index in [-0.39, 0.29) is 18.0 Å². The van der Waals surface area contributed by atoms with Crippen molar-refractivity contribution in [1.29, 1.82) is 0 Å². The van der Waals surface area contributed by atoms with E-state index in [2.05, 4.69) is 11.9 Å². The molecule has 1 aromatic rings. The Hall–Kier alpha value is -1.53. The Labute approximate surface area is 144 Å². The Morgan fingerprint density at radius 3 is 2.61 bits per heavy atom. The number of halogens is 1. The predicted molar refractivity (Wildman–Crippen MR) is 91.8 cm³/mol. The van der Waals surface area contributed by atoms with Gasteiger partial charge in [-0.3, -0.25) is 4.79 Å². The number of nitrogens with one attached hydrogen (secondary N) is 1. The number of aliphatic carboxylic acids is 1. The molecule has 0 atom stereocenters. The number of hydrogen-bond acceptors (Lipinski definition) is 3. The van der Waals surface area contributed by atoms with Crippen molar-refractivity contribution in [2.24, 2.45) is 5.92 Å². The quantitative estimate of drug-likeness (QED) is 0.763. The number of nitrogens with zero attached hydrogens (tertiary/aromatic N) is 1. The highest BCUT2D eigenvalue weighted by Gasteiger charge is 2.27. The van der Waals surface area contributed by atoms with Gasteiger partial charge < -0.3 is 15.3 Å². The van der Waals surface area contributed by atoms with Gasteiger partial charge in [0, 0.05) is 17.5 Å². The van der Waals surface area contributed by atoms with Crippen LogP contribution >= 0.6 is 22.9 Å². The van der Waals surface area contributed by atoms with E-state index in [4.69, 9.17) is 16.7 Å². The highest BCUT2D eigenvalue weighted by Crippen LogP contribution is 2.25. The summed E-state index contributed by atoms with van der Waals surface area (Å²) in [6.45, 7) is 4.63. The van der Waals surface area contributed by atoms with Crippen molar-refractivity contribution in [2.75, 3.05) is 6.54 Å². The summed E-state index contributed by atoms with van der Waals surface area (Å²) in [5, 5.41) is 12.0. The third kappa shape index (κ3) is 5.25. The number of thiophene rings is 1. The first-order valence-corrected chi connectivity index (χ1v) is 8.82. The van der Waals surface area contributed by atoms with E-state index in [1.807, 2.05) is 12.1 Å². The molecule has 2 rings (SSSR count). The molecule has 1 aliphatic rings. The molecule has 0 saturated heterocycles. The second-order valence-electron chi connectivity index (χ2n) is 5.71. The molecule has 126 valence electrons. The van der Waals surface area contributed by atoms with Crippen LogP contribution in [0.5, 0.6) is 0 Å². The van der Waals surface area contributed by atoms with E-state index in [1.165, 1.54) is 11.3 Å². The van der Waals surface area contributed by atoms with Crippen molar-refractivity contribution in [3.05, 3.63) is 34.0 Å². The highest BCUT2D eigenvalue weighted by atomic mass is 35.5. The zero-order valence-electron chi connectivity index (χ0n) is 12.8. The van der Waals surface area contributed by atoms with Gasteiger partial charge in [-0.1, -0.05) is 17.7 Å². The third-order valence-corrected chi connectivity index (χ3v) is 5.23. The Balaban J connectivity index is 1.88. The maximum absolute atomic E-state index is 12.5. The summed E-state index contributed by atoms with van der Waals surface area (Å²) >= 11 is 7.38. The fourth-order valence-corrected chi connectivity index (χ4v) is 3.85. The molecule has 2 N–H and O–H groups in total. The molecule has 0 radical (unpaired) electrons. The van der Waals surface area contributed by atoms with Gasteiger partial charge >= 0.3 is 12.0 Å². The molecule has 1 aromatic heterocycles. The van der Waals surface area contributed by atoms with Crippen LogP contribution in [0.1, 0.15) is 30.6 Å². The summed E-state index contributed by atoms with van der Waals surface area (Å²) in [4.78, 5) is 26.1. The fourth-order valence-electron chi connectivity index (χ4n) is 2.75. The predicted octanol–water partition coefficient (Wildman–Crippen LogP) is 3.74. The molecule has 2 amide bonds. The monoisotopic (exact) mass is 356 g/mol. The molecule has 1 aliphatic carbocycles. The number of carbonyl (C=O) groups is 2. The van der Waals surface area contributed by atoms with E-state index in [1.54, 1.807) is 11.0 Å². The van der Waals surface area contributed by atoms with Gasteiger partial charge in [-0.05, 0) is 37.8 Å². The van der Waals surface area contributed by atoms with Gasteiger partial charge in [-0.2, -0.15) is 0 Å².